The Balaban J connectivity index is 1.45. The van der Waals surface area contributed by atoms with Crippen LogP contribution in [-0.2, 0) is 32.5 Å². The molecule has 0 radical (unpaired) electrons. The molecule has 1 saturated carbocycles. The van der Waals surface area contributed by atoms with E-state index in [1.807, 2.05) is 30.3 Å². The Morgan fingerprint density at radius 1 is 1.19 bits per heavy atom. The molecule has 1 amide bonds. The van der Waals surface area contributed by atoms with Crippen LogP contribution < -0.4 is 0 Å². The van der Waals surface area contributed by atoms with Gasteiger partial charge < -0.3 is 19.1 Å². The molecule has 1 aromatic heterocycles. The van der Waals surface area contributed by atoms with Gasteiger partial charge in [0.05, 0.1) is 32.4 Å². The first kappa shape index (κ1) is 24.4. The van der Waals surface area contributed by atoms with Crippen molar-refractivity contribution in [3.05, 3.63) is 36.0 Å². The van der Waals surface area contributed by atoms with Crippen molar-refractivity contribution < 1.29 is 19.0 Å². The number of carbonyl (C=O) groups is 1. The molecular weight excluding hydrogens is 408 g/mol. The second-order valence-electron chi connectivity index (χ2n) is 8.33. The highest BCUT2D eigenvalue weighted by Crippen LogP contribution is 2.24. The number of nitrogens with zero attached hydrogens (tertiary/aromatic N) is 4. The van der Waals surface area contributed by atoms with Gasteiger partial charge in [0.1, 0.15) is 5.69 Å². The highest BCUT2D eigenvalue weighted by molar-refractivity contribution is 5.76. The number of aryl methyl sites for hydroxylation is 1. The zero-order valence-electron chi connectivity index (χ0n) is 19.5. The van der Waals surface area contributed by atoms with E-state index in [0.717, 1.165) is 30.5 Å². The van der Waals surface area contributed by atoms with Crippen molar-refractivity contribution in [1.29, 1.82) is 0 Å². The van der Waals surface area contributed by atoms with E-state index < -0.39 is 6.29 Å². The Hall–Kier alpha value is -2.29. The molecule has 8 nitrogen and oxygen atoms in total. The summed E-state index contributed by atoms with van der Waals surface area (Å²) in [7, 11) is 5.08. The minimum atomic E-state index is -0.400. The van der Waals surface area contributed by atoms with Gasteiger partial charge in [0.2, 0.25) is 5.91 Å². The van der Waals surface area contributed by atoms with Crippen molar-refractivity contribution in [3.63, 3.8) is 0 Å². The van der Waals surface area contributed by atoms with E-state index in [9.17, 15) is 4.79 Å². The Labute approximate surface area is 190 Å². The number of carbonyl (C=O) groups excluding carboxylic acids is 1. The Morgan fingerprint density at radius 3 is 2.66 bits per heavy atom. The fourth-order valence-electron chi connectivity index (χ4n) is 4.21. The SMILES string of the molecule is COC(CN(C(=O)CCOCCc1cccc(-c2cn(C)nn2)c1)C1CCCCC1)OC. The number of methoxy groups -OCH3 is 2. The average Bonchev–Trinajstić information content (AvgIpc) is 3.26. The summed E-state index contributed by atoms with van der Waals surface area (Å²) in [6.45, 7) is 1.45. The highest BCUT2D eigenvalue weighted by atomic mass is 16.7. The summed E-state index contributed by atoms with van der Waals surface area (Å²) in [5, 5.41) is 8.16. The summed E-state index contributed by atoms with van der Waals surface area (Å²) in [6.07, 6.45) is 8.34. The van der Waals surface area contributed by atoms with Gasteiger partial charge in [-0.2, -0.15) is 0 Å². The lowest BCUT2D eigenvalue weighted by molar-refractivity contribution is -0.151. The number of ether oxygens (including phenoxy) is 3. The lowest BCUT2D eigenvalue weighted by Crippen LogP contribution is -2.46. The topological polar surface area (TPSA) is 78.7 Å². The first-order chi connectivity index (χ1) is 15.6. The van der Waals surface area contributed by atoms with E-state index in [-0.39, 0.29) is 11.9 Å². The van der Waals surface area contributed by atoms with Crippen molar-refractivity contribution >= 4 is 5.91 Å². The monoisotopic (exact) mass is 444 g/mol. The maximum Gasteiger partial charge on any atom is 0.225 e. The van der Waals surface area contributed by atoms with Gasteiger partial charge >= 0.3 is 0 Å². The van der Waals surface area contributed by atoms with Crippen LogP contribution in [0.2, 0.25) is 0 Å². The molecular formula is C24H36N4O4. The summed E-state index contributed by atoms with van der Waals surface area (Å²) >= 11 is 0. The summed E-state index contributed by atoms with van der Waals surface area (Å²) in [5.74, 6) is 0.112. The van der Waals surface area contributed by atoms with Crippen molar-refractivity contribution in [2.45, 2.75) is 57.3 Å². The molecule has 0 bridgehead atoms. The molecule has 1 aliphatic rings. The van der Waals surface area contributed by atoms with E-state index in [2.05, 4.69) is 22.4 Å². The van der Waals surface area contributed by atoms with Crippen LogP contribution in [0.5, 0.6) is 0 Å². The van der Waals surface area contributed by atoms with E-state index in [1.165, 1.54) is 24.8 Å². The molecule has 1 fully saturated rings. The zero-order chi connectivity index (χ0) is 22.8. The summed E-state index contributed by atoms with van der Waals surface area (Å²) in [4.78, 5) is 14.9. The minimum absolute atomic E-state index is 0.112. The van der Waals surface area contributed by atoms with E-state index in [1.54, 1.807) is 18.9 Å². The van der Waals surface area contributed by atoms with Crippen LogP contribution in [0.25, 0.3) is 11.3 Å². The van der Waals surface area contributed by atoms with Crippen molar-refractivity contribution in [1.82, 2.24) is 19.9 Å². The summed E-state index contributed by atoms with van der Waals surface area (Å²) in [5.41, 5.74) is 3.07. The largest absolute Gasteiger partial charge is 0.381 e. The van der Waals surface area contributed by atoms with Crippen LogP contribution in [0.15, 0.2) is 30.5 Å². The number of amides is 1. The highest BCUT2D eigenvalue weighted by Gasteiger charge is 2.27. The average molecular weight is 445 g/mol. The van der Waals surface area contributed by atoms with Crippen LogP contribution in [0.3, 0.4) is 0 Å². The molecule has 0 N–H and O–H groups in total. The Morgan fingerprint density at radius 2 is 1.97 bits per heavy atom. The van der Waals surface area contributed by atoms with Gasteiger partial charge in [0.25, 0.3) is 0 Å². The molecule has 1 aromatic carbocycles. The third kappa shape index (κ3) is 7.12. The summed E-state index contributed by atoms with van der Waals surface area (Å²) in [6, 6.07) is 8.51. The second kappa shape index (κ2) is 12.7. The predicted octanol–water partition coefficient (Wildman–Crippen LogP) is 3.21. The quantitative estimate of drug-likeness (QED) is 0.370. The smallest absolute Gasteiger partial charge is 0.225 e. The molecule has 1 aliphatic carbocycles. The van der Waals surface area contributed by atoms with E-state index >= 15 is 0 Å². The third-order valence-corrected chi connectivity index (χ3v) is 6.03. The first-order valence-corrected chi connectivity index (χ1v) is 11.5. The predicted molar refractivity (Wildman–Crippen MR) is 122 cm³/mol. The standard InChI is InChI=1S/C24H36N4O4/c1-27-17-22(25-26-27)20-9-7-8-19(16-20)12-14-32-15-13-23(29)28(18-24(30-2)31-3)21-10-5-4-6-11-21/h7-9,16-17,21,24H,4-6,10-15,18H2,1-3H3. The number of benzene rings is 1. The normalized spacial score (nSPS) is 14.8. The van der Waals surface area contributed by atoms with Crippen LogP contribution in [0.1, 0.15) is 44.1 Å². The number of hydrogen-bond donors (Lipinski definition) is 0. The number of rotatable bonds is 12. The van der Waals surface area contributed by atoms with Crippen LogP contribution >= 0.6 is 0 Å². The fraction of sp³-hybridized carbons (Fsp3) is 0.625. The lowest BCUT2D eigenvalue weighted by atomic mass is 9.94. The van der Waals surface area contributed by atoms with Gasteiger partial charge in [-0.3, -0.25) is 9.48 Å². The molecule has 0 aliphatic heterocycles. The van der Waals surface area contributed by atoms with E-state index in [4.69, 9.17) is 14.2 Å². The maximum atomic E-state index is 13.0. The Bertz CT molecular complexity index is 831. The van der Waals surface area contributed by atoms with Gasteiger partial charge in [-0.25, -0.2) is 0 Å². The molecule has 1 heterocycles. The number of hydrogen-bond acceptors (Lipinski definition) is 6. The molecule has 2 aromatic rings. The molecule has 32 heavy (non-hydrogen) atoms. The van der Waals surface area contributed by atoms with Crippen LogP contribution in [0.4, 0.5) is 0 Å². The van der Waals surface area contributed by atoms with Gasteiger partial charge in [-0.1, -0.05) is 42.7 Å². The molecule has 176 valence electrons. The molecule has 0 spiro atoms. The Kier molecular flexibility index (Phi) is 9.64. The molecule has 3 rings (SSSR count). The van der Waals surface area contributed by atoms with Crippen molar-refractivity contribution in [3.8, 4) is 11.3 Å². The molecule has 0 saturated heterocycles. The van der Waals surface area contributed by atoms with E-state index in [0.29, 0.717) is 26.2 Å². The maximum absolute atomic E-state index is 13.0. The van der Waals surface area contributed by atoms with Gasteiger partial charge in [-0.05, 0) is 30.9 Å². The second-order valence-corrected chi connectivity index (χ2v) is 8.33. The minimum Gasteiger partial charge on any atom is -0.381 e. The molecule has 8 heteroatoms. The lowest BCUT2D eigenvalue weighted by Gasteiger charge is -2.36. The fourth-order valence-corrected chi connectivity index (χ4v) is 4.21. The van der Waals surface area contributed by atoms with Crippen LogP contribution in [-0.4, -0.2) is 72.1 Å². The zero-order valence-corrected chi connectivity index (χ0v) is 19.5. The first-order valence-electron chi connectivity index (χ1n) is 11.5. The van der Waals surface area contributed by atoms with Crippen molar-refractivity contribution in [2.24, 2.45) is 7.05 Å². The molecule has 0 atom stereocenters. The third-order valence-electron chi connectivity index (χ3n) is 6.03. The van der Waals surface area contributed by atoms with Crippen molar-refractivity contribution in [2.75, 3.05) is 34.0 Å². The molecule has 0 unspecified atom stereocenters. The van der Waals surface area contributed by atoms with Gasteiger partial charge in [-0.15, -0.1) is 5.10 Å². The van der Waals surface area contributed by atoms with Gasteiger partial charge in [0, 0.05) is 32.9 Å². The summed E-state index contributed by atoms with van der Waals surface area (Å²) < 4.78 is 18.2. The van der Waals surface area contributed by atoms with Gasteiger partial charge in [0.15, 0.2) is 6.29 Å². The van der Waals surface area contributed by atoms with Crippen LogP contribution in [0, 0.1) is 0 Å². The number of aromatic nitrogens is 3.